The summed E-state index contributed by atoms with van der Waals surface area (Å²) in [5, 5.41) is 2.97. The summed E-state index contributed by atoms with van der Waals surface area (Å²) in [5.74, 6) is 0. The monoisotopic (exact) mass is 264 g/mol. The maximum absolute atomic E-state index is 1.94. The van der Waals surface area contributed by atoms with E-state index in [0.717, 1.165) is 5.41 Å². The van der Waals surface area contributed by atoms with Gasteiger partial charge in [-0.1, -0.05) is 0 Å². The van der Waals surface area contributed by atoms with Crippen molar-refractivity contribution in [3.05, 3.63) is 0 Å². The fraction of sp³-hybridized carbons (Fsp3) is 1.00. The van der Waals surface area contributed by atoms with Crippen molar-refractivity contribution in [1.82, 2.24) is 0 Å². The molecular weight excluding hydrogens is 246 g/mol. The van der Waals surface area contributed by atoms with Gasteiger partial charge in [-0.25, -0.2) is 0 Å². The SMILES string of the molecule is [AsH2]CC1(C[AsH2])CCCCC1. The van der Waals surface area contributed by atoms with E-state index in [9.17, 15) is 0 Å². The van der Waals surface area contributed by atoms with Gasteiger partial charge in [0.05, 0.1) is 0 Å². The molecule has 0 amide bonds. The average Bonchev–Trinajstić information content (AvgIpc) is 2.06. The van der Waals surface area contributed by atoms with Crippen molar-refractivity contribution in [3.8, 4) is 0 Å². The normalized spacial score (nSPS) is 24.6. The van der Waals surface area contributed by atoms with E-state index in [1.165, 1.54) is 42.5 Å². The summed E-state index contributed by atoms with van der Waals surface area (Å²) in [6.07, 6.45) is 7.58. The predicted octanol–water partition coefficient (Wildman–Crippen LogP) is 1.04. The third-order valence-corrected chi connectivity index (χ3v) is 6.41. The zero-order chi connectivity index (χ0) is 7.45. The van der Waals surface area contributed by atoms with E-state index in [1.807, 2.05) is 33.7 Å². The fourth-order valence-electron chi connectivity index (χ4n) is 1.79. The van der Waals surface area contributed by atoms with Crippen LogP contribution in [0.3, 0.4) is 0 Å². The van der Waals surface area contributed by atoms with Gasteiger partial charge in [-0.05, 0) is 0 Å². The molecule has 0 aliphatic heterocycles. The molecule has 0 spiro atoms. The Hall–Kier alpha value is 1.12. The molecule has 0 aromatic heterocycles. The predicted molar refractivity (Wildman–Crippen MR) is 52.2 cm³/mol. The molecule has 10 heavy (non-hydrogen) atoms. The Morgan fingerprint density at radius 1 is 0.900 bits per heavy atom. The Morgan fingerprint density at radius 2 is 1.40 bits per heavy atom. The number of rotatable bonds is 2. The van der Waals surface area contributed by atoms with E-state index in [2.05, 4.69) is 0 Å². The molecule has 0 radical (unpaired) electrons. The van der Waals surface area contributed by atoms with Crippen LogP contribution in [0.15, 0.2) is 0 Å². The van der Waals surface area contributed by atoms with Crippen LogP contribution in [-0.4, -0.2) is 33.7 Å². The second-order valence-electron chi connectivity index (χ2n) is 3.47. The minimum absolute atomic E-state index is 0.818. The summed E-state index contributed by atoms with van der Waals surface area (Å²) >= 11 is 3.88. The van der Waals surface area contributed by atoms with Crippen LogP contribution >= 0.6 is 0 Å². The van der Waals surface area contributed by atoms with E-state index < -0.39 is 0 Å². The molecule has 1 aliphatic carbocycles. The fourth-order valence-corrected chi connectivity index (χ4v) is 5.67. The van der Waals surface area contributed by atoms with Gasteiger partial charge in [0.2, 0.25) is 0 Å². The van der Waals surface area contributed by atoms with Crippen molar-refractivity contribution in [2.75, 3.05) is 0 Å². The first-order valence-corrected chi connectivity index (χ1v) is 7.66. The zero-order valence-corrected chi connectivity index (χ0v) is 11.4. The van der Waals surface area contributed by atoms with E-state index in [0.29, 0.717) is 0 Å². The van der Waals surface area contributed by atoms with Crippen molar-refractivity contribution in [2.45, 2.75) is 42.5 Å². The van der Waals surface area contributed by atoms with Gasteiger partial charge >= 0.3 is 81.6 Å². The second-order valence-corrected chi connectivity index (χ2v) is 5.18. The van der Waals surface area contributed by atoms with Crippen molar-refractivity contribution >= 4 is 33.7 Å². The van der Waals surface area contributed by atoms with Gasteiger partial charge in [0, 0.05) is 0 Å². The molecule has 2 unspecified atom stereocenters. The standard InChI is InChI=1S/C8H18As2/c9-6-8(7-10)4-2-1-3-5-8/h1-7,9-10H2. The first-order valence-electron chi connectivity index (χ1n) is 4.23. The molecule has 1 saturated carbocycles. The summed E-state index contributed by atoms with van der Waals surface area (Å²) in [6, 6.07) is 0. The molecule has 2 atom stereocenters. The van der Waals surface area contributed by atoms with Crippen LogP contribution in [-0.2, 0) is 0 Å². The van der Waals surface area contributed by atoms with Gasteiger partial charge in [-0.3, -0.25) is 0 Å². The van der Waals surface area contributed by atoms with Crippen LogP contribution in [0.4, 0.5) is 0 Å². The molecule has 1 rings (SSSR count). The summed E-state index contributed by atoms with van der Waals surface area (Å²) in [5.41, 5.74) is 0.818. The van der Waals surface area contributed by atoms with Gasteiger partial charge in [-0.15, -0.1) is 0 Å². The summed E-state index contributed by atoms with van der Waals surface area (Å²) < 4.78 is 0. The minimum atomic E-state index is 0.818. The Balaban J connectivity index is 2.44. The zero-order valence-electron chi connectivity index (χ0n) is 6.60. The van der Waals surface area contributed by atoms with Crippen LogP contribution in [0.5, 0.6) is 0 Å². The van der Waals surface area contributed by atoms with Crippen LogP contribution in [0.2, 0.25) is 10.4 Å². The molecule has 1 fully saturated rings. The Bertz CT molecular complexity index is 89.4. The van der Waals surface area contributed by atoms with Crippen molar-refractivity contribution in [1.29, 1.82) is 0 Å². The van der Waals surface area contributed by atoms with Gasteiger partial charge < -0.3 is 0 Å². The van der Waals surface area contributed by atoms with Crippen molar-refractivity contribution < 1.29 is 0 Å². The van der Waals surface area contributed by atoms with Crippen LogP contribution in [0, 0.1) is 5.41 Å². The molecule has 0 heterocycles. The molecule has 0 saturated heterocycles. The van der Waals surface area contributed by atoms with E-state index in [1.54, 1.807) is 0 Å². The van der Waals surface area contributed by atoms with Crippen LogP contribution in [0.25, 0.3) is 0 Å². The Morgan fingerprint density at radius 3 is 1.70 bits per heavy atom. The average molecular weight is 264 g/mol. The molecule has 0 aromatic carbocycles. The molecule has 1 aliphatic rings. The summed E-state index contributed by atoms with van der Waals surface area (Å²) in [4.78, 5) is 0. The topological polar surface area (TPSA) is 0 Å². The first-order chi connectivity index (χ1) is 4.83. The summed E-state index contributed by atoms with van der Waals surface area (Å²) in [6.45, 7) is 0. The summed E-state index contributed by atoms with van der Waals surface area (Å²) in [7, 11) is 0. The molecule has 0 bridgehead atoms. The molecular formula is C8H18As2. The maximum atomic E-state index is 1.94. The first kappa shape index (κ1) is 9.21. The molecule has 0 N–H and O–H groups in total. The van der Waals surface area contributed by atoms with Gasteiger partial charge in [0.25, 0.3) is 0 Å². The third-order valence-electron chi connectivity index (χ3n) is 2.78. The van der Waals surface area contributed by atoms with Crippen molar-refractivity contribution in [3.63, 3.8) is 0 Å². The Kier molecular flexibility index (Phi) is 3.88. The van der Waals surface area contributed by atoms with Gasteiger partial charge in [-0.2, -0.15) is 0 Å². The van der Waals surface area contributed by atoms with Gasteiger partial charge in [0.15, 0.2) is 0 Å². The second kappa shape index (κ2) is 4.22. The van der Waals surface area contributed by atoms with Crippen LogP contribution in [0.1, 0.15) is 32.1 Å². The molecule has 0 aromatic rings. The van der Waals surface area contributed by atoms with E-state index >= 15 is 0 Å². The number of hydrogen-bond donors (Lipinski definition) is 0. The molecule has 60 valence electrons. The van der Waals surface area contributed by atoms with Gasteiger partial charge in [0.1, 0.15) is 0 Å². The van der Waals surface area contributed by atoms with E-state index in [-0.39, 0.29) is 0 Å². The Labute approximate surface area is 81.5 Å². The van der Waals surface area contributed by atoms with E-state index in [4.69, 9.17) is 0 Å². The molecule has 2 heteroatoms. The number of hydrogen-bond acceptors (Lipinski definition) is 0. The van der Waals surface area contributed by atoms with Crippen LogP contribution < -0.4 is 0 Å². The quantitative estimate of drug-likeness (QED) is 0.654. The third kappa shape index (κ3) is 2.05. The molecule has 0 nitrogen and oxygen atoms in total. The van der Waals surface area contributed by atoms with Crippen molar-refractivity contribution in [2.24, 2.45) is 5.41 Å².